The third-order valence-corrected chi connectivity index (χ3v) is 7.56. The van der Waals surface area contributed by atoms with Gasteiger partial charge in [-0.25, -0.2) is 0 Å². The highest BCUT2D eigenvalue weighted by molar-refractivity contribution is 5.89. The standard InChI is InChI=1S/C25H30O/c1-4-6-8-19-16-23-22-12-10-18-15-17(7-5-2)9-11-20(18)21(22)13-14-25(23,3)24(19)26/h5,9,11,15,19,21-23H,2,7-8,10,12-14,16H2,1,3H3/t19?,21-,22-,23+,25+/m1/s1. The fraction of sp³-hybridized carbons (Fsp3) is 0.560. The van der Waals surface area contributed by atoms with Gasteiger partial charge in [-0.05, 0) is 79.9 Å². The number of allylic oxidation sites excluding steroid dienone is 1. The lowest BCUT2D eigenvalue weighted by Crippen LogP contribution is -2.42. The van der Waals surface area contributed by atoms with E-state index in [1.807, 2.05) is 13.0 Å². The highest BCUT2D eigenvalue weighted by atomic mass is 16.1. The first kappa shape index (κ1) is 17.6. The van der Waals surface area contributed by atoms with Gasteiger partial charge in [-0.2, -0.15) is 0 Å². The molecule has 0 saturated heterocycles. The molecule has 1 nitrogen and oxygen atoms in total. The Morgan fingerprint density at radius 1 is 1.35 bits per heavy atom. The van der Waals surface area contributed by atoms with Crippen LogP contribution in [0.1, 0.15) is 68.6 Å². The monoisotopic (exact) mass is 346 g/mol. The van der Waals surface area contributed by atoms with Gasteiger partial charge in [0.1, 0.15) is 5.78 Å². The third-order valence-electron chi connectivity index (χ3n) is 7.56. The maximum Gasteiger partial charge on any atom is 0.143 e. The summed E-state index contributed by atoms with van der Waals surface area (Å²) >= 11 is 0. The van der Waals surface area contributed by atoms with Crippen LogP contribution in [-0.4, -0.2) is 5.78 Å². The van der Waals surface area contributed by atoms with Crippen LogP contribution in [0.15, 0.2) is 30.9 Å². The molecule has 0 bridgehead atoms. The van der Waals surface area contributed by atoms with Crippen molar-refractivity contribution in [2.75, 3.05) is 0 Å². The minimum absolute atomic E-state index is 0.0957. The Labute approximate surface area is 158 Å². The zero-order valence-corrected chi connectivity index (χ0v) is 16.2. The van der Waals surface area contributed by atoms with Crippen LogP contribution in [0.2, 0.25) is 0 Å². The van der Waals surface area contributed by atoms with Crippen molar-refractivity contribution >= 4 is 5.78 Å². The molecule has 0 amide bonds. The molecule has 1 aromatic carbocycles. The van der Waals surface area contributed by atoms with E-state index in [1.165, 1.54) is 24.8 Å². The summed E-state index contributed by atoms with van der Waals surface area (Å²) in [6, 6.07) is 7.07. The van der Waals surface area contributed by atoms with Crippen molar-refractivity contribution in [3.8, 4) is 11.8 Å². The second-order valence-corrected chi connectivity index (χ2v) is 8.83. The minimum atomic E-state index is -0.0957. The number of carbonyl (C=O) groups excluding carboxylic acids is 1. The fourth-order valence-electron chi connectivity index (χ4n) is 6.27. The number of ketones is 1. The first-order valence-corrected chi connectivity index (χ1v) is 10.2. The molecule has 0 radical (unpaired) electrons. The molecule has 1 heteroatoms. The Hall–Kier alpha value is -1.81. The molecule has 0 N–H and O–H groups in total. The van der Waals surface area contributed by atoms with Crippen molar-refractivity contribution < 1.29 is 4.79 Å². The van der Waals surface area contributed by atoms with E-state index < -0.39 is 0 Å². The van der Waals surface area contributed by atoms with Crippen LogP contribution in [0.3, 0.4) is 0 Å². The highest BCUT2D eigenvalue weighted by Crippen LogP contribution is 2.61. The minimum Gasteiger partial charge on any atom is -0.299 e. The maximum atomic E-state index is 13.1. The quantitative estimate of drug-likeness (QED) is 0.523. The predicted octanol–water partition coefficient (Wildman–Crippen LogP) is 5.48. The smallest absolute Gasteiger partial charge is 0.143 e. The molecule has 0 heterocycles. The maximum absolute atomic E-state index is 13.1. The Morgan fingerprint density at radius 3 is 2.96 bits per heavy atom. The topological polar surface area (TPSA) is 17.1 Å². The van der Waals surface area contributed by atoms with Crippen molar-refractivity contribution in [3.05, 3.63) is 47.5 Å². The van der Waals surface area contributed by atoms with Gasteiger partial charge in [-0.3, -0.25) is 4.79 Å². The van der Waals surface area contributed by atoms with Gasteiger partial charge in [0.05, 0.1) is 0 Å². The van der Waals surface area contributed by atoms with Crippen molar-refractivity contribution in [1.82, 2.24) is 0 Å². The van der Waals surface area contributed by atoms with Crippen LogP contribution in [0, 0.1) is 35.0 Å². The molecule has 1 aromatic rings. The fourth-order valence-corrected chi connectivity index (χ4v) is 6.27. The Bertz CT molecular complexity index is 792. The summed E-state index contributed by atoms with van der Waals surface area (Å²) < 4.78 is 0. The second kappa shape index (κ2) is 6.73. The lowest BCUT2D eigenvalue weighted by Gasteiger charge is -2.48. The molecule has 26 heavy (non-hydrogen) atoms. The largest absolute Gasteiger partial charge is 0.299 e. The molecule has 2 fully saturated rings. The zero-order valence-electron chi connectivity index (χ0n) is 16.2. The van der Waals surface area contributed by atoms with Crippen molar-refractivity contribution in [2.45, 2.75) is 64.7 Å². The molecule has 0 aliphatic heterocycles. The highest BCUT2D eigenvalue weighted by Gasteiger charge is 2.57. The summed E-state index contributed by atoms with van der Waals surface area (Å²) in [4.78, 5) is 13.1. The number of benzene rings is 1. The third kappa shape index (κ3) is 2.66. The molecule has 2 saturated carbocycles. The number of hydrogen-bond donors (Lipinski definition) is 0. The molecule has 0 spiro atoms. The van der Waals surface area contributed by atoms with E-state index in [9.17, 15) is 4.79 Å². The van der Waals surface area contributed by atoms with E-state index in [2.05, 4.69) is 43.5 Å². The molecule has 5 atom stereocenters. The van der Waals surface area contributed by atoms with Gasteiger partial charge in [0.2, 0.25) is 0 Å². The number of aryl methyl sites for hydroxylation is 1. The van der Waals surface area contributed by atoms with E-state index in [1.54, 1.807) is 11.1 Å². The summed E-state index contributed by atoms with van der Waals surface area (Å²) in [6.45, 7) is 8.01. The lowest BCUT2D eigenvalue weighted by molar-refractivity contribution is -0.131. The van der Waals surface area contributed by atoms with Gasteiger partial charge < -0.3 is 0 Å². The number of Topliss-reactive ketones (excluding diaryl/α,β-unsaturated/α-hetero) is 1. The predicted molar refractivity (Wildman–Crippen MR) is 107 cm³/mol. The van der Waals surface area contributed by atoms with Crippen LogP contribution < -0.4 is 0 Å². The van der Waals surface area contributed by atoms with E-state index >= 15 is 0 Å². The Balaban J connectivity index is 1.62. The van der Waals surface area contributed by atoms with Gasteiger partial charge in [0.25, 0.3) is 0 Å². The van der Waals surface area contributed by atoms with Crippen LogP contribution in [0.4, 0.5) is 0 Å². The molecule has 3 aliphatic rings. The van der Waals surface area contributed by atoms with Crippen molar-refractivity contribution in [2.24, 2.45) is 23.2 Å². The number of hydrogen-bond acceptors (Lipinski definition) is 1. The lowest BCUT2D eigenvalue weighted by atomic mass is 9.55. The summed E-state index contributed by atoms with van der Waals surface area (Å²) in [5.74, 6) is 8.72. The number of carbonyl (C=O) groups is 1. The first-order valence-electron chi connectivity index (χ1n) is 10.2. The van der Waals surface area contributed by atoms with Crippen molar-refractivity contribution in [1.29, 1.82) is 0 Å². The van der Waals surface area contributed by atoms with Crippen LogP contribution in [0.25, 0.3) is 0 Å². The van der Waals surface area contributed by atoms with Crippen molar-refractivity contribution in [3.63, 3.8) is 0 Å². The van der Waals surface area contributed by atoms with E-state index in [0.717, 1.165) is 25.7 Å². The number of fused-ring (bicyclic) bond motifs is 5. The SMILES string of the molecule is C=CCc1ccc2c(c1)CC[C@@H]1[C@@H]2CC[C@]2(C)C(=O)C(CC#CC)C[C@@H]12. The summed E-state index contributed by atoms with van der Waals surface area (Å²) in [6.07, 6.45) is 9.41. The number of rotatable bonds is 3. The van der Waals surface area contributed by atoms with Crippen LogP contribution in [0.5, 0.6) is 0 Å². The van der Waals surface area contributed by atoms with E-state index in [-0.39, 0.29) is 11.3 Å². The molecule has 0 aromatic heterocycles. The van der Waals surface area contributed by atoms with Gasteiger partial charge >= 0.3 is 0 Å². The van der Waals surface area contributed by atoms with Gasteiger partial charge in [-0.15, -0.1) is 18.4 Å². The summed E-state index contributed by atoms with van der Waals surface area (Å²) in [5, 5.41) is 0. The Morgan fingerprint density at radius 2 is 2.19 bits per heavy atom. The van der Waals surface area contributed by atoms with Crippen LogP contribution >= 0.6 is 0 Å². The van der Waals surface area contributed by atoms with Gasteiger partial charge in [0, 0.05) is 17.8 Å². The summed E-state index contributed by atoms with van der Waals surface area (Å²) in [5.41, 5.74) is 4.40. The second-order valence-electron chi connectivity index (χ2n) is 8.83. The normalized spacial score (nSPS) is 34.9. The Kier molecular flexibility index (Phi) is 4.55. The van der Waals surface area contributed by atoms with Crippen LogP contribution in [-0.2, 0) is 17.6 Å². The first-order chi connectivity index (χ1) is 12.6. The molecule has 3 aliphatic carbocycles. The molecule has 4 rings (SSSR count). The van der Waals surface area contributed by atoms with E-state index in [0.29, 0.717) is 23.5 Å². The zero-order chi connectivity index (χ0) is 18.3. The molecular formula is C25H30O. The molecule has 136 valence electrons. The average Bonchev–Trinajstić information content (AvgIpc) is 2.91. The molecular weight excluding hydrogens is 316 g/mol. The average molecular weight is 347 g/mol. The van der Waals surface area contributed by atoms with E-state index in [4.69, 9.17) is 0 Å². The molecule has 1 unspecified atom stereocenters. The van der Waals surface area contributed by atoms with Gasteiger partial charge in [0.15, 0.2) is 0 Å². The van der Waals surface area contributed by atoms with Gasteiger partial charge in [-0.1, -0.05) is 31.2 Å². The summed E-state index contributed by atoms with van der Waals surface area (Å²) in [7, 11) is 0.